The Morgan fingerprint density at radius 1 is 1.31 bits per heavy atom. The van der Waals surface area contributed by atoms with E-state index in [0.717, 1.165) is 37.6 Å². The van der Waals surface area contributed by atoms with Crippen molar-refractivity contribution in [3.63, 3.8) is 0 Å². The summed E-state index contributed by atoms with van der Waals surface area (Å²) in [5.74, 6) is 1.45. The zero-order valence-corrected chi connectivity index (χ0v) is 9.94. The van der Waals surface area contributed by atoms with Crippen molar-refractivity contribution in [3.8, 4) is 0 Å². The van der Waals surface area contributed by atoms with Gasteiger partial charge in [0.25, 0.3) is 0 Å². The molecule has 0 saturated carbocycles. The third-order valence-electron chi connectivity index (χ3n) is 2.76. The highest BCUT2D eigenvalue weighted by Crippen LogP contribution is 2.26. The maximum Gasteiger partial charge on any atom is 0.129 e. The van der Waals surface area contributed by atoms with Crippen LogP contribution in [0.15, 0.2) is 12.4 Å². The van der Waals surface area contributed by atoms with Crippen LogP contribution in [0.3, 0.4) is 0 Å². The van der Waals surface area contributed by atoms with Crippen LogP contribution in [0.1, 0.15) is 38.3 Å². The Kier molecular flexibility index (Phi) is 3.72. The van der Waals surface area contributed by atoms with Gasteiger partial charge in [0, 0.05) is 36.9 Å². The molecular weight excluding hydrogens is 202 g/mol. The monoisotopic (exact) mass is 221 g/mol. The van der Waals surface area contributed by atoms with Gasteiger partial charge in [-0.05, 0) is 26.7 Å². The summed E-state index contributed by atoms with van der Waals surface area (Å²) < 4.78 is 5.36. The normalized spacial score (nSPS) is 17.7. The molecule has 0 unspecified atom stereocenters. The smallest absolute Gasteiger partial charge is 0.129 e. The molecule has 1 N–H and O–H groups in total. The second-order valence-electron chi connectivity index (χ2n) is 4.51. The Morgan fingerprint density at radius 2 is 2.06 bits per heavy atom. The van der Waals surface area contributed by atoms with Gasteiger partial charge in [-0.25, -0.2) is 9.97 Å². The van der Waals surface area contributed by atoms with Crippen LogP contribution in [-0.2, 0) is 4.74 Å². The molecule has 88 valence electrons. The predicted octanol–water partition coefficient (Wildman–Crippen LogP) is 2.19. The maximum absolute atomic E-state index is 5.36. The summed E-state index contributed by atoms with van der Waals surface area (Å²) in [6.07, 6.45) is 3.78. The van der Waals surface area contributed by atoms with Crippen molar-refractivity contribution in [2.45, 2.75) is 38.6 Å². The summed E-state index contributed by atoms with van der Waals surface area (Å²) in [7, 11) is 0. The van der Waals surface area contributed by atoms with Crippen LogP contribution in [0.2, 0.25) is 0 Å². The lowest BCUT2D eigenvalue weighted by Gasteiger charge is -2.21. The van der Waals surface area contributed by atoms with E-state index in [1.54, 1.807) is 6.33 Å². The number of nitrogens with zero attached hydrogens (tertiary/aromatic N) is 2. The molecule has 0 aliphatic carbocycles. The third kappa shape index (κ3) is 2.92. The Bertz CT molecular complexity index is 335. The van der Waals surface area contributed by atoms with Crippen molar-refractivity contribution in [1.29, 1.82) is 0 Å². The van der Waals surface area contributed by atoms with Gasteiger partial charge in [0.1, 0.15) is 12.1 Å². The lowest BCUT2D eigenvalue weighted by molar-refractivity contribution is 0.0845. The van der Waals surface area contributed by atoms with Crippen LogP contribution in [-0.4, -0.2) is 29.2 Å². The molecule has 0 atom stereocenters. The van der Waals surface area contributed by atoms with Crippen LogP contribution >= 0.6 is 0 Å². The van der Waals surface area contributed by atoms with E-state index in [9.17, 15) is 0 Å². The topological polar surface area (TPSA) is 47.0 Å². The maximum atomic E-state index is 5.36. The fraction of sp³-hybridized carbons (Fsp3) is 0.667. The molecule has 4 nitrogen and oxygen atoms in total. The molecule has 1 aliphatic heterocycles. The number of ether oxygens (including phenoxy) is 1. The van der Waals surface area contributed by atoms with Gasteiger partial charge in [-0.15, -0.1) is 0 Å². The van der Waals surface area contributed by atoms with Gasteiger partial charge in [-0.1, -0.05) is 0 Å². The molecule has 1 fully saturated rings. The molecule has 0 radical (unpaired) electrons. The molecule has 1 saturated heterocycles. The van der Waals surface area contributed by atoms with Gasteiger partial charge in [0.2, 0.25) is 0 Å². The molecule has 2 rings (SSSR count). The van der Waals surface area contributed by atoms with E-state index >= 15 is 0 Å². The number of hydrogen-bond acceptors (Lipinski definition) is 4. The number of hydrogen-bond donors (Lipinski definition) is 1. The van der Waals surface area contributed by atoms with Gasteiger partial charge in [0.15, 0.2) is 0 Å². The quantitative estimate of drug-likeness (QED) is 0.850. The van der Waals surface area contributed by atoms with E-state index in [-0.39, 0.29) is 0 Å². The highest BCUT2D eigenvalue weighted by Gasteiger charge is 2.17. The fourth-order valence-electron chi connectivity index (χ4n) is 1.96. The summed E-state index contributed by atoms with van der Waals surface area (Å²) in [5, 5.41) is 3.30. The average Bonchev–Trinajstić information content (AvgIpc) is 2.30. The van der Waals surface area contributed by atoms with Crippen molar-refractivity contribution >= 4 is 5.82 Å². The summed E-state index contributed by atoms with van der Waals surface area (Å²) in [6.45, 7) is 5.91. The molecule has 0 bridgehead atoms. The van der Waals surface area contributed by atoms with Crippen molar-refractivity contribution < 1.29 is 4.74 Å². The lowest BCUT2D eigenvalue weighted by Crippen LogP contribution is -2.16. The van der Waals surface area contributed by atoms with Gasteiger partial charge in [-0.3, -0.25) is 0 Å². The van der Waals surface area contributed by atoms with E-state index < -0.39 is 0 Å². The molecule has 4 heteroatoms. The Hall–Kier alpha value is -1.16. The first kappa shape index (κ1) is 11.3. The largest absolute Gasteiger partial charge is 0.381 e. The molecule has 0 spiro atoms. The van der Waals surface area contributed by atoms with Crippen LogP contribution in [0.4, 0.5) is 5.82 Å². The van der Waals surface area contributed by atoms with E-state index in [1.807, 2.05) is 0 Å². The lowest BCUT2D eigenvalue weighted by atomic mass is 9.96. The highest BCUT2D eigenvalue weighted by molar-refractivity contribution is 5.36. The molecule has 0 aromatic carbocycles. The van der Waals surface area contributed by atoms with Gasteiger partial charge in [-0.2, -0.15) is 0 Å². The van der Waals surface area contributed by atoms with Gasteiger partial charge >= 0.3 is 0 Å². The highest BCUT2D eigenvalue weighted by atomic mass is 16.5. The Morgan fingerprint density at radius 3 is 2.75 bits per heavy atom. The molecular formula is C12H19N3O. The van der Waals surface area contributed by atoms with Crippen molar-refractivity contribution in [1.82, 2.24) is 9.97 Å². The summed E-state index contributed by atoms with van der Waals surface area (Å²) >= 11 is 0. The second-order valence-corrected chi connectivity index (χ2v) is 4.51. The van der Waals surface area contributed by atoms with E-state index in [2.05, 4.69) is 35.2 Å². The predicted molar refractivity (Wildman–Crippen MR) is 63.6 cm³/mol. The molecule has 1 aromatic heterocycles. The molecule has 1 aliphatic rings. The SMILES string of the molecule is CC(C)Nc1cc(C2CCOCC2)ncn1. The van der Waals surface area contributed by atoms with Gasteiger partial charge in [0.05, 0.1) is 0 Å². The fourth-order valence-corrected chi connectivity index (χ4v) is 1.96. The first-order valence-electron chi connectivity index (χ1n) is 5.92. The van der Waals surface area contributed by atoms with Crippen molar-refractivity contribution in [2.75, 3.05) is 18.5 Å². The standard InChI is InChI=1S/C12H19N3O/c1-9(2)15-12-7-11(13-8-14-12)10-3-5-16-6-4-10/h7-10H,3-6H2,1-2H3,(H,13,14,15). The summed E-state index contributed by atoms with van der Waals surface area (Å²) in [4.78, 5) is 8.58. The van der Waals surface area contributed by atoms with Crippen LogP contribution in [0.5, 0.6) is 0 Å². The molecule has 16 heavy (non-hydrogen) atoms. The molecule has 1 aromatic rings. The zero-order chi connectivity index (χ0) is 11.4. The van der Waals surface area contributed by atoms with E-state index in [0.29, 0.717) is 12.0 Å². The average molecular weight is 221 g/mol. The zero-order valence-electron chi connectivity index (χ0n) is 9.94. The van der Waals surface area contributed by atoms with Crippen LogP contribution < -0.4 is 5.32 Å². The third-order valence-corrected chi connectivity index (χ3v) is 2.76. The molecule has 0 amide bonds. The second kappa shape index (κ2) is 5.25. The van der Waals surface area contributed by atoms with Crippen LogP contribution in [0, 0.1) is 0 Å². The minimum absolute atomic E-state index is 0.400. The first-order valence-corrected chi connectivity index (χ1v) is 5.92. The van der Waals surface area contributed by atoms with Crippen molar-refractivity contribution in [2.24, 2.45) is 0 Å². The number of aromatic nitrogens is 2. The Balaban J connectivity index is 2.08. The number of rotatable bonds is 3. The minimum Gasteiger partial charge on any atom is -0.381 e. The Labute approximate surface area is 96.4 Å². The van der Waals surface area contributed by atoms with E-state index in [1.165, 1.54) is 0 Å². The number of nitrogens with one attached hydrogen (secondary N) is 1. The summed E-state index contributed by atoms with van der Waals surface area (Å²) in [5.41, 5.74) is 1.14. The van der Waals surface area contributed by atoms with Crippen LogP contribution in [0.25, 0.3) is 0 Å². The van der Waals surface area contributed by atoms with E-state index in [4.69, 9.17) is 4.74 Å². The summed E-state index contributed by atoms with van der Waals surface area (Å²) in [6, 6.07) is 2.47. The van der Waals surface area contributed by atoms with Crippen molar-refractivity contribution in [3.05, 3.63) is 18.1 Å². The molecule has 2 heterocycles. The van der Waals surface area contributed by atoms with Gasteiger partial charge < -0.3 is 10.1 Å². The number of anilines is 1. The minimum atomic E-state index is 0.400. The first-order chi connectivity index (χ1) is 7.75.